The minimum Gasteiger partial charge on any atom is -0.463 e. The third-order valence-corrected chi connectivity index (χ3v) is 3.96. The number of benzene rings is 1. The van der Waals surface area contributed by atoms with Crippen LogP contribution in [0.25, 0.3) is 0 Å². The summed E-state index contributed by atoms with van der Waals surface area (Å²) in [4.78, 5) is 42.0. The Kier molecular flexibility index (Phi) is 8.13. The summed E-state index contributed by atoms with van der Waals surface area (Å²) >= 11 is 0. The predicted octanol–water partition coefficient (Wildman–Crippen LogP) is 0.514. The maximum absolute atomic E-state index is 11.9. The molecule has 0 radical (unpaired) electrons. The SMILES string of the molecule is CCOC(=O)C(N)(N)C=C(CCOC(=O)c1ccccc1)CP(=O)(O)O. The Bertz CT molecular complexity index is 698. The number of carbonyl (C=O) groups excluding carboxylic acids is 2. The molecule has 0 amide bonds. The molecular formula is C16H23N2O7P. The molecule has 9 nitrogen and oxygen atoms in total. The van der Waals surface area contributed by atoms with E-state index in [2.05, 4.69) is 0 Å². The topological polar surface area (TPSA) is 162 Å². The van der Waals surface area contributed by atoms with Crippen LogP contribution in [0.3, 0.4) is 0 Å². The summed E-state index contributed by atoms with van der Waals surface area (Å²) in [6.07, 6.45) is 0.297. The van der Waals surface area contributed by atoms with Crippen LogP contribution >= 0.6 is 7.60 Å². The van der Waals surface area contributed by atoms with Gasteiger partial charge in [-0.1, -0.05) is 23.8 Å². The van der Waals surface area contributed by atoms with Gasteiger partial charge in [-0.2, -0.15) is 0 Å². The van der Waals surface area contributed by atoms with E-state index in [9.17, 15) is 23.9 Å². The van der Waals surface area contributed by atoms with Crippen molar-refractivity contribution in [3.05, 3.63) is 47.5 Å². The Morgan fingerprint density at radius 3 is 2.35 bits per heavy atom. The van der Waals surface area contributed by atoms with Gasteiger partial charge in [-0.15, -0.1) is 0 Å². The highest BCUT2D eigenvalue weighted by molar-refractivity contribution is 7.52. The average Bonchev–Trinajstić information content (AvgIpc) is 2.53. The summed E-state index contributed by atoms with van der Waals surface area (Å²) in [5.41, 5.74) is 9.68. The highest BCUT2D eigenvalue weighted by atomic mass is 31.2. The van der Waals surface area contributed by atoms with Gasteiger partial charge in [-0.3, -0.25) is 4.57 Å². The first-order valence-corrected chi connectivity index (χ1v) is 9.57. The molecule has 0 saturated carbocycles. The molecule has 0 bridgehead atoms. The van der Waals surface area contributed by atoms with E-state index in [1.165, 1.54) is 0 Å². The van der Waals surface area contributed by atoms with Crippen molar-refractivity contribution < 1.29 is 33.4 Å². The lowest BCUT2D eigenvalue weighted by atomic mass is 10.1. The second-order valence-electron chi connectivity index (χ2n) is 5.53. The minimum absolute atomic E-state index is 0.0470. The van der Waals surface area contributed by atoms with Crippen LogP contribution in [0.2, 0.25) is 0 Å². The molecule has 0 spiro atoms. The van der Waals surface area contributed by atoms with Gasteiger partial charge in [-0.05, 0) is 25.1 Å². The van der Waals surface area contributed by atoms with Gasteiger partial charge in [0.2, 0.25) is 0 Å². The van der Waals surface area contributed by atoms with E-state index in [-0.39, 0.29) is 25.2 Å². The smallest absolute Gasteiger partial charge is 0.345 e. The predicted molar refractivity (Wildman–Crippen MR) is 94.1 cm³/mol. The molecule has 0 atom stereocenters. The Hall–Kier alpha value is -2.03. The van der Waals surface area contributed by atoms with Crippen molar-refractivity contribution in [3.63, 3.8) is 0 Å². The average molecular weight is 386 g/mol. The number of hydrogen-bond donors (Lipinski definition) is 4. The Morgan fingerprint density at radius 2 is 1.81 bits per heavy atom. The lowest BCUT2D eigenvalue weighted by Crippen LogP contribution is -2.56. The van der Waals surface area contributed by atoms with Gasteiger partial charge in [0.05, 0.1) is 24.9 Å². The number of nitrogens with two attached hydrogens (primary N) is 2. The molecule has 26 heavy (non-hydrogen) atoms. The Labute approximate surface area is 151 Å². The molecule has 144 valence electrons. The zero-order valence-electron chi connectivity index (χ0n) is 14.3. The summed E-state index contributed by atoms with van der Waals surface area (Å²) in [5, 5.41) is 0. The quantitative estimate of drug-likeness (QED) is 0.205. The summed E-state index contributed by atoms with van der Waals surface area (Å²) in [5.74, 6) is -1.53. The largest absolute Gasteiger partial charge is 0.463 e. The molecule has 0 aliphatic heterocycles. The third-order valence-electron chi connectivity index (χ3n) is 3.15. The van der Waals surface area contributed by atoms with Crippen LogP contribution in [-0.2, 0) is 18.8 Å². The van der Waals surface area contributed by atoms with Crippen molar-refractivity contribution in [2.24, 2.45) is 11.5 Å². The summed E-state index contributed by atoms with van der Waals surface area (Å²) in [7, 11) is -4.45. The van der Waals surface area contributed by atoms with E-state index >= 15 is 0 Å². The van der Waals surface area contributed by atoms with Gasteiger partial charge in [0.1, 0.15) is 0 Å². The van der Waals surface area contributed by atoms with E-state index < -0.39 is 31.4 Å². The molecule has 1 aromatic carbocycles. The van der Waals surface area contributed by atoms with E-state index in [0.29, 0.717) is 5.56 Å². The van der Waals surface area contributed by atoms with E-state index in [1.54, 1.807) is 37.3 Å². The fraction of sp³-hybridized carbons (Fsp3) is 0.375. The van der Waals surface area contributed by atoms with Crippen LogP contribution in [0, 0.1) is 0 Å². The molecule has 6 N–H and O–H groups in total. The third kappa shape index (κ3) is 7.90. The van der Waals surface area contributed by atoms with Crippen LogP contribution in [0.15, 0.2) is 42.0 Å². The molecule has 0 aromatic heterocycles. The van der Waals surface area contributed by atoms with Crippen molar-refractivity contribution in [3.8, 4) is 0 Å². The van der Waals surface area contributed by atoms with Crippen LogP contribution in [0.1, 0.15) is 23.7 Å². The molecular weight excluding hydrogens is 363 g/mol. The molecule has 0 aliphatic carbocycles. The fourth-order valence-electron chi connectivity index (χ4n) is 2.05. The van der Waals surface area contributed by atoms with Crippen molar-refractivity contribution in [1.29, 1.82) is 0 Å². The maximum Gasteiger partial charge on any atom is 0.345 e. The monoisotopic (exact) mass is 386 g/mol. The van der Waals surface area contributed by atoms with Gasteiger partial charge in [-0.25, -0.2) is 9.59 Å². The first-order valence-electron chi connectivity index (χ1n) is 7.77. The van der Waals surface area contributed by atoms with Crippen molar-refractivity contribution in [1.82, 2.24) is 0 Å². The minimum atomic E-state index is -4.45. The molecule has 0 aliphatic rings. The van der Waals surface area contributed by atoms with E-state index in [4.69, 9.17) is 20.9 Å². The van der Waals surface area contributed by atoms with Gasteiger partial charge >= 0.3 is 19.5 Å². The maximum atomic E-state index is 11.9. The summed E-state index contributed by atoms with van der Waals surface area (Å²) in [6, 6.07) is 8.23. The first kappa shape index (κ1) is 22.0. The lowest BCUT2D eigenvalue weighted by Gasteiger charge is -2.20. The number of hydrogen-bond acceptors (Lipinski definition) is 7. The molecule has 0 heterocycles. The number of ether oxygens (including phenoxy) is 2. The number of esters is 2. The molecule has 0 fully saturated rings. The highest BCUT2D eigenvalue weighted by Gasteiger charge is 2.30. The zero-order chi connectivity index (χ0) is 19.8. The van der Waals surface area contributed by atoms with Crippen LogP contribution in [0.5, 0.6) is 0 Å². The van der Waals surface area contributed by atoms with Crippen LogP contribution < -0.4 is 11.5 Å². The van der Waals surface area contributed by atoms with Gasteiger partial charge in [0, 0.05) is 6.42 Å². The Morgan fingerprint density at radius 1 is 1.19 bits per heavy atom. The molecule has 1 aromatic rings. The second kappa shape index (κ2) is 9.61. The van der Waals surface area contributed by atoms with Crippen LogP contribution in [0.4, 0.5) is 0 Å². The van der Waals surface area contributed by atoms with Crippen molar-refractivity contribution in [2.45, 2.75) is 19.0 Å². The second-order valence-corrected chi connectivity index (χ2v) is 7.18. The fourth-order valence-corrected chi connectivity index (χ4v) is 2.83. The first-order chi connectivity index (χ1) is 12.0. The molecule has 10 heteroatoms. The number of rotatable bonds is 9. The summed E-state index contributed by atoms with van der Waals surface area (Å²) in [6.45, 7) is 1.45. The molecule has 0 unspecified atom stereocenters. The Balaban J connectivity index is 2.81. The number of carbonyl (C=O) groups is 2. The molecule has 0 saturated heterocycles. The van der Waals surface area contributed by atoms with Crippen molar-refractivity contribution in [2.75, 3.05) is 19.4 Å². The zero-order valence-corrected chi connectivity index (χ0v) is 15.2. The van der Waals surface area contributed by atoms with Crippen LogP contribution in [-0.4, -0.2) is 46.8 Å². The van der Waals surface area contributed by atoms with Crippen molar-refractivity contribution >= 4 is 19.5 Å². The van der Waals surface area contributed by atoms with Gasteiger partial charge in [0.25, 0.3) is 0 Å². The standard InChI is InChI=1S/C16H23N2O7P/c1-2-24-15(20)16(17,18)10-12(11-26(21,22)23)8-9-25-14(19)13-6-4-3-5-7-13/h3-7,10H,2,8-9,11,17-18H2,1H3,(H2,21,22,23). The van der Waals surface area contributed by atoms with E-state index in [1.807, 2.05) is 0 Å². The van der Waals surface area contributed by atoms with Gasteiger partial charge < -0.3 is 30.7 Å². The lowest BCUT2D eigenvalue weighted by molar-refractivity contribution is -0.147. The summed E-state index contributed by atoms with van der Waals surface area (Å²) < 4.78 is 21.1. The normalized spacial score (nSPS) is 12.6. The molecule has 1 rings (SSSR count). The van der Waals surface area contributed by atoms with Gasteiger partial charge in [0.15, 0.2) is 5.66 Å². The van der Waals surface area contributed by atoms with E-state index in [0.717, 1.165) is 6.08 Å². The highest BCUT2D eigenvalue weighted by Crippen LogP contribution is 2.37.